The van der Waals surface area contributed by atoms with Crippen LogP contribution in [0.1, 0.15) is 34.1 Å². The SMILES string of the molecule is CC(=O)OC[C@H]1O[C@@H](S(=O)(=O)CCCO)[C@H](OC(C)=O)[C@@H](OC(C)=O)[C@@H]1OC(C)=O. The molecule has 0 aromatic carbocycles. The predicted octanol–water partition coefficient (Wildman–Crippen LogP) is -1.13. The molecule has 0 saturated carbocycles. The van der Waals surface area contributed by atoms with Gasteiger partial charge in [-0.25, -0.2) is 8.42 Å². The van der Waals surface area contributed by atoms with E-state index in [0.717, 1.165) is 27.7 Å². The van der Waals surface area contributed by atoms with Crippen LogP contribution in [0, 0.1) is 0 Å². The maximum atomic E-state index is 12.8. The van der Waals surface area contributed by atoms with Crippen molar-refractivity contribution in [2.24, 2.45) is 0 Å². The van der Waals surface area contributed by atoms with Crippen LogP contribution >= 0.6 is 0 Å². The quantitative estimate of drug-likeness (QED) is 0.329. The van der Waals surface area contributed by atoms with Gasteiger partial charge in [0.1, 0.15) is 12.7 Å². The van der Waals surface area contributed by atoms with Crippen molar-refractivity contribution in [3.8, 4) is 0 Å². The number of sulfone groups is 1. The zero-order chi connectivity index (χ0) is 23.1. The Morgan fingerprint density at radius 1 is 0.833 bits per heavy atom. The van der Waals surface area contributed by atoms with Gasteiger partial charge in [-0.05, 0) is 6.42 Å². The van der Waals surface area contributed by atoms with Gasteiger partial charge in [0.25, 0.3) is 0 Å². The van der Waals surface area contributed by atoms with Gasteiger partial charge in [-0.15, -0.1) is 0 Å². The van der Waals surface area contributed by atoms with Crippen LogP contribution in [0.25, 0.3) is 0 Å². The van der Waals surface area contributed by atoms with Gasteiger partial charge in [0.05, 0.1) is 5.75 Å². The normalized spacial score (nSPS) is 26.4. The standard InChI is InChI=1S/C17H26O12S/c1-9(19)25-8-13-14(26-10(2)20)15(27-11(3)21)16(28-12(4)22)17(29-13)30(23,24)7-5-6-18/h13-18H,5-8H2,1-4H3/t13-,14-,15+,16-,17+/m1/s1. The van der Waals surface area contributed by atoms with Gasteiger partial charge in [0.15, 0.2) is 33.6 Å². The summed E-state index contributed by atoms with van der Waals surface area (Å²) in [6.07, 6.45) is -6.14. The number of rotatable bonds is 9. The van der Waals surface area contributed by atoms with Crippen LogP contribution in [0.4, 0.5) is 0 Å². The van der Waals surface area contributed by atoms with Crippen LogP contribution in [-0.2, 0) is 52.7 Å². The third-order valence-corrected chi connectivity index (χ3v) is 5.83. The first-order valence-electron chi connectivity index (χ1n) is 9.02. The molecule has 1 N–H and O–H groups in total. The number of carbonyl (C=O) groups excluding carboxylic acids is 4. The molecule has 0 aromatic heterocycles. The van der Waals surface area contributed by atoms with Crippen molar-refractivity contribution in [2.45, 2.75) is 64.0 Å². The van der Waals surface area contributed by atoms with Gasteiger partial charge in [-0.2, -0.15) is 0 Å². The third-order valence-electron chi connectivity index (χ3n) is 3.89. The molecule has 0 aromatic rings. The number of esters is 4. The number of aliphatic hydroxyl groups is 1. The first-order chi connectivity index (χ1) is 13.9. The summed E-state index contributed by atoms with van der Waals surface area (Å²) in [5.74, 6) is -3.84. The summed E-state index contributed by atoms with van der Waals surface area (Å²) >= 11 is 0. The maximum Gasteiger partial charge on any atom is 0.303 e. The summed E-state index contributed by atoms with van der Waals surface area (Å²) in [5, 5.41) is 8.97. The van der Waals surface area contributed by atoms with Crippen LogP contribution in [0.15, 0.2) is 0 Å². The smallest absolute Gasteiger partial charge is 0.303 e. The van der Waals surface area contributed by atoms with E-state index in [-0.39, 0.29) is 6.42 Å². The van der Waals surface area contributed by atoms with Crippen molar-refractivity contribution < 1.29 is 56.4 Å². The lowest BCUT2D eigenvalue weighted by Gasteiger charge is -2.43. The van der Waals surface area contributed by atoms with Crippen LogP contribution in [0.5, 0.6) is 0 Å². The van der Waals surface area contributed by atoms with E-state index in [1.807, 2.05) is 0 Å². The van der Waals surface area contributed by atoms with Gasteiger partial charge in [0.2, 0.25) is 0 Å². The second-order valence-corrected chi connectivity index (χ2v) is 8.71. The zero-order valence-electron chi connectivity index (χ0n) is 17.1. The topological polar surface area (TPSA) is 169 Å². The zero-order valence-corrected chi connectivity index (χ0v) is 17.9. The fourth-order valence-corrected chi connectivity index (χ4v) is 4.55. The molecule has 1 saturated heterocycles. The van der Waals surface area contributed by atoms with E-state index in [1.54, 1.807) is 0 Å². The molecule has 1 aliphatic rings. The lowest BCUT2D eigenvalue weighted by Crippen LogP contribution is -2.64. The van der Waals surface area contributed by atoms with E-state index < -0.39 is 82.5 Å². The number of hydrogen-bond donors (Lipinski definition) is 1. The second kappa shape index (κ2) is 11.2. The van der Waals surface area contributed by atoms with Crippen molar-refractivity contribution in [2.75, 3.05) is 19.0 Å². The third kappa shape index (κ3) is 7.54. The Balaban J connectivity index is 3.47. The lowest BCUT2D eigenvalue weighted by molar-refractivity contribution is -0.238. The van der Waals surface area contributed by atoms with E-state index in [9.17, 15) is 27.6 Å². The first-order valence-corrected chi connectivity index (χ1v) is 10.7. The molecule has 0 unspecified atom stereocenters. The van der Waals surface area contributed by atoms with E-state index in [2.05, 4.69) is 0 Å². The van der Waals surface area contributed by atoms with Crippen LogP contribution < -0.4 is 0 Å². The minimum atomic E-state index is -4.16. The van der Waals surface area contributed by atoms with E-state index >= 15 is 0 Å². The Hall–Kier alpha value is -2.25. The van der Waals surface area contributed by atoms with E-state index in [4.69, 9.17) is 28.8 Å². The highest BCUT2D eigenvalue weighted by Gasteiger charge is 2.55. The molecule has 0 radical (unpaired) electrons. The maximum absolute atomic E-state index is 12.8. The Kier molecular flexibility index (Phi) is 9.65. The summed E-state index contributed by atoms with van der Waals surface area (Å²) < 4.78 is 51.4. The number of aliphatic hydroxyl groups excluding tert-OH is 1. The molecule has 0 bridgehead atoms. The Morgan fingerprint density at radius 2 is 1.33 bits per heavy atom. The largest absolute Gasteiger partial charge is 0.463 e. The average Bonchev–Trinajstić information content (AvgIpc) is 2.60. The number of carbonyl (C=O) groups is 4. The lowest BCUT2D eigenvalue weighted by atomic mass is 9.99. The van der Waals surface area contributed by atoms with Gasteiger partial charge >= 0.3 is 23.9 Å². The van der Waals surface area contributed by atoms with Crippen LogP contribution in [0.3, 0.4) is 0 Å². The highest BCUT2D eigenvalue weighted by molar-refractivity contribution is 7.91. The van der Waals surface area contributed by atoms with Crippen molar-refractivity contribution >= 4 is 33.7 Å². The monoisotopic (exact) mass is 454 g/mol. The van der Waals surface area contributed by atoms with Gasteiger partial charge in [0, 0.05) is 34.3 Å². The summed E-state index contributed by atoms with van der Waals surface area (Å²) in [5.41, 5.74) is -1.83. The molecule has 0 amide bonds. The Labute approximate surface area is 173 Å². The molecule has 1 rings (SSSR count). The first kappa shape index (κ1) is 25.8. The minimum absolute atomic E-state index is 0.130. The van der Waals surface area contributed by atoms with E-state index in [0.29, 0.717) is 0 Å². The molecule has 1 aliphatic heterocycles. The van der Waals surface area contributed by atoms with E-state index in [1.165, 1.54) is 0 Å². The fourth-order valence-electron chi connectivity index (χ4n) is 2.86. The van der Waals surface area contributed by atoms with Gasteiger partial charge in [-0.1, -0.05) is 0 Å². The molecule has 30 heavy (non-hydrogen) atoms. The summed E-state index contributed by atoms with van der Waals surface area (Å²) in [6.45, 7) is 3.24. The minimum Gasteiger partial charge on any atom is -0.463 e. The molecule has 12 nitrogen and oxygen atoms in total. The predicted molar refractivity (Wildman–Crippen MR) is 97.4 cm³/mol. The summed E-state index contributed by atoms with van der Waals surface area (Å²) in [6, 6.07) is 0. The van der Waals surface area contributed by atoms with Gasteiger partial charge < -0.3 is 28.8 Å². The Bertz CT molecular complexity index is 746. The van der Waals surface area contributed by atoms with Crippen LogP contribution in [0.2, 0.25) is 0 Å². The Morgan fingerprint density at radius 3 is 1.80 bits per heavy atom. The molecule has 1 fully saturated rings. The number of ether oxygens (including phenoxy) is 5. The molecular formula is C17H26O12S. The van der Waals surface area contributed by atoms with Crippen molar-refractivity contribution in [1.82, 2.24) is 0 Å². The highest BCUT2D eigenvalue weighted by Crippen LogP contribution is 2.32. The summed E-state index contributed by atoms with van der Waals surface area (Å²) in [7, 11) is -4.16. The van der Waals surface area contributed by atoms with Gasteiger partial charge in [-0.3, -0.25) is 19.2 Å². The molecule has 5 atom stereocenters. The van der Waals surface area contributed by atoms with Crippen LogP contribution in [-0.4, -0.2) is 86.2 Å². The molecule has 0 aliphatic carbocycles. The fraction of sp³-hybridized carbons (Fsp3) is 0.765. The molecule has 0 spiro atoms. The average molecular weight is 454 g/mol. The summed E-state index contributed by atoms with van der Waals surface area (Å²) in [4.78, 5) is 46.1. The van der Waals surface area contributed by atoms with Crippen molar-refractivity contribution in [3.63, 3.8) is 0 Å². The molecule has 13 heteroatoms. The van der Waals surface area contributed by atoms with Crippen molar-refractivity contribution in [1.29, 1.82) is 0 Å². The highest BCUT2D eigenvalue weighted by atomic mass is 32.2. The molecule has 1 heterocycles. The molecule has 172 valence electrons. The second-order valence-electron chi connectivity index (χ2n) is 6.51. The number of hydrogen-bond acceptors (Lipinski definition) is 12. The van der Waals surface area contributed by atoms with Crippen molar-refractivity contribution in [3.05, 3.63) is 0 Å². The molecular weight excluding hydrogens is 428 g/mol.